The van der Waals surface area contributed by atoms with Crippen molar-refractivity contribution in [1.29, 1.82) is 0 Å². The lowest BCUT2D eigenvalue weighted by Gasteiger charge is -2.32. The molecule has 10 aromatic rings. The molecule has 0 saturated carbocycles. The quantitative estimate of drug-likeness (QED) is 0.185. The van der Waals surface area contributed by atoms with Gasteiger partial charge in [-0.25, -0.2) is 9.97 Å². The van der Waals surface area contributed by atoms with Gasteiger partial charge in [0.1, 0.15) is 5.82 Å². The molecular weight excluding hydrogens is 631 g/mol. The van der Waals surface area contributed by atoms with Crippen molar-refractivity contribution in [3.05, 3.63) is 174 Å². The average molecular weight is 662 g/mol. The maximum atomic E-state index is 5.54. The van der Waals surface area contributed by atoms with E-state index in [0.29, 0.717) is 11.8 Å². The largest absolute Gasteiger partial charge is 0.293 e. The minimum atomic E-state index is 0.291. The first-order valence-corrected chi connectivity index (χ1v) is 18.2. The van der Waals surface area contributed by atoms with Gasteiger partial charge in [-0.3, -0.25) is 4.57 Å². The standard InChI is InChI=1S/C49H31N3/c1-28-38-25-30-14-2-3-15-31(30)26-39(38)40-27-43-45(46-34-19-7-6-18-33(34)44(28)47(40)46)37-21-9-11-24-42(37)52(43)49-36-20-8-10-23-41(36)50-48(51-49)35-22-12-16-29-13-4-5-17-32(29)35/h2-28,44H,1H3/t28?,44-/m1/s1. The van der Waals surface area contributed by atoms with Crippen LogP contribution in [0.4, 0.5) is 0 Å². The van der Waals surface area contributed by atoms with Gasteiger partial charge in [0.25, 0.3) is 0 Å². The molecule has 0 fully saturated rings. The molecule has 3 heteroatoms. The lowest BCUT2D eigenvalue weighted by atomic mass is 9.71. The summed E-state index contributed by atoms with van der Waals surface area (Å²) in [6.45, 7) is 2.43. The third kappa shape index (κ3) is 3.64. The fraction of sp³-hybridized carbons (Fsp3) is 0.0612. The molecule has 3 nitrogen and oxygen atoms in total. The highest BCUT2D eigenvalue weighted by Gasteiger charge is 2.41. The second kappa shape index (κ2) is 10.2. The summed E-state index contributed by atoms with van der Waals surface area (Å²) in [5.41, 5.74) is 14.0. The molecule has 1 unspecified atom stereocenters. The van der Waals surface area contributed by atoms with E-state index in [1.54, 1.807) is 0 Å². The second-order valence-corrected chi connectivity index (χ2v) is 14.5. The summed E-state index contributed by atoms with van der Waals surface area (Å²) >= 11 is 0. The smallest absolute Gasteiger partial charge is 0.162 e. The molecule has 2 heterocycles. The van der Waals surface area contributed by atoms with E-state index < -0.39 is 0 Å². The second-order valence-electron chi connectivity index (χ2n) is 14.5. The van der Waals surface area contributed by atoms with Crippen LogP contribution >= 0.6 is 0 Å². The number of aromatic nitrogens is 3. The van der Waals surface area contributed by atoms with Gasteiger partial charge < -0.3 is 0 Å². The van der Waals surface area contributed by atoms with Crippen LogP contribution in [0.2, 0.25) is 0 Å². The van der Waals surface area contributed by atoms with Crippen LogP contribution in [0.1, 0.15) is 35.4 Å². The van der Waals surface area contributed by atoms with E-state index in [1.807, 2.05) is 0 Å². The summed E-state index contributed by atoms with van der Waals surface area (Å²) in [5.74, 6) is 2.26. The van der Waals surface area contributed by atoms with Gasteiger partial charge in [-0.2, -0.15) is 0 Å². The minimum absolute atomic E-state index is 0.291. The molecule has 2 atom stereocenters. The lowest BCUT2D eigenvalue weighted by Crippen LogP contribution is -2.15. The number of benzene rings is 8. The summed E-state index contributed by atoms with van der Waals surface area (Å²) in [7, 11) is 0. The monoisotopic (exact) mass is 661 g/mol. The number of rotatable bonds is 2. The summed E-state index contributed by atoms with van der Waals surface area (Å²) in [6, 6.07) is 57.6. The van der Waals surface area contributed by atoms with Gasteiger partial charge in [0.05, 0.1) is 16.6 Å². The predicted octanol–water partition coefficient (Wildman–Crippen LogP) is 12.6. The van der Waals surface area contributed by atoms with E-state index in [4.69, 9.17) is 9.97 Å². The fourth-order valence-corrected chi connectivity index (χ4v) is 9.69. The molecule has 0 spiro atoms. The van der Waals surface area contributed by atoms with Crippen LogP contribution in [0.3, 0.4) is 0 Å². The molecule has 242 valence electrons. The molecule has 2 aliphatic carbocycles. The van der Waals surface area contributed by atoms with Crippen LogP contribution in [0.5, 0.6) is 0 Å². The van der Waals surface area contributed by atoms with Crippen molar-refractivity contribution < 1.29 is 0 Å². The number of hydrogen-bond acceptors (Lipinski definition) is 2. The number of para-hydroxylation sites is 2. The molecule has 0 N–H and O–H groups in total. The number of hydrogen-bond donors (Lipinski definition) is 0. The Labute approximate surface area is 300 Å². The molecule has 0 amide bonds. The van der Waals surface area contributed by atoms with Crippen molar-refractivity contribution in [3.63, 3.8) is 0 Å². The Balaban J connectivity index is 1.26. The molecule has 0 bridgehead atoms. The van der Waals surface area contributed by atoms with Crippen LogP contribution in [0.25, 0.3) is 93.7 Å². The Kier molecular flexibility index (Phi) is 5.55. The molecule has 2 aliphatic rings. The van der Waals surface area contributed by atoms with Crippen LogP contribution < -0.4 is 0 Å². The number of fused-ring (bicyclic) bond motifs is 12. The zero-order valence-electron chi connectivity index (χ0n) is 28.5. The van der Waals surface area contributed by atoms with Crippen LogP contribution in [-0.4, -0.2) is 14.5 Å². The lowest BCUT2D eigenvalue weighted by molar-refractivity contribution is 0.663. The first kappa shape index (κ1) is 28.2. The van der Waals surface area contributed by atoms with Crippen LogP contribution in [0, 0.1) is 0 Å². The Bertz CT molecular complexity index is 3160. The molecule has 52 heavy (non-hydrogen) atoms. The van der Waals surface area contributed by atoms with Crippen molar-refractivity contribution in [2.75, 3.05) is 0 Å². The summed E-state index contributed by atoms with van der Waals surface area (Å²) < 4.78 is 2.43. The maximum Gasteiger partial charge on any atom is 0.162 e. The predicted molar refractivity (Wildman–Crippen MR) is 215 cm³/mol. The van der Waals surface area contributed by atoms with Gasteiger partial charge in [-0.05, 0) is 96.7 Å². The van der Waals surface area contributed by atoms with Gasteiger partial charge in [0, 0.05) is 27.6 Å². The third-order valence-corrected chi connectivity index (χ3v) is 11.9. The van der Waals surface area contributed by atoms with Gasteiger partial charge in [0.2, 0.25) is 0 Å². The molecule has 0 aliphatic heterocycles. The number of nitrogens with zero attached hydrogens (tertiary/aromatic N) is 3. The van der Waals surface area contributed by atoms with E-state index in [9.17, 15) is 0 Å². The van der Waals surface area contributed by atoms with E-state index >= 15 is 0 Å². The van der Waals surface area contributed by atoms with Gasteiger partial charge in [0.15, 0.2) is 5.82 Å². The van der Waals surface area contributed by atoms with Crippen molar-refractivity contribution >= 4 is 54.3 Å². The molecular formula is C49H31N3. The Morgan fingerprint density at radius 3 is 2.04 bits per heavy atom. The summed E-state index contributed by atoms with van der Waals surface area (Å²) in [5, 5.41) is 8.48. The Morgan fingerprint density at radius 2 is 1.15 bits per heavy atom. The van der Waals surface area contributed by atoms with Gasteiger partial charge in [-0.15, -0.1) is 0 Å². The van der Waals surface area contributed by atoms with E-state index in [-0.39, 0.29) is 0 Å². The van der Waals surface area contributed by atoms with Crippen molar-refractivity contribution in [2.45, 2.75) is 18.8 Å². The SMILES string of the molecule is CC1c2cc3ccccc3cc2-c2cc3c(c4c2[C@H]1c1ccccc1-4)c1ccccc1n3-c1nc(-c2cccc3ccccc23)nc2ccccc12. The Morgan fingerprint density at radius 1 is 0.481 bits per heavy atom. The van der Waals surface area contributed by atoms with E-state index in [2.05, 4.69) is 169 Å². The van der Waals surface area contributed by atoms with Crippen LogP contribution in [0.15, 0.2) is 158 Å². The normalized spacial score (nSPS) is 15.8. The zero-order chi connectivity index (χ0) is 34.1. The van der Waals surface area contributed by atoms with E-state index in [1.165, 1.54) is 71.4 Å². The summed E-state index contributed by atoms with van der Waals surface area (Å²) in [6.07, 6.45) is 0. The first-order chi connectivity index (χ1) is 25.7. The molecule has 8 aromatic carbocycles. The van der Waals surface area contributed by atoms with Gasteiger partial charge >= 0.3 is 0 Å². The van der Waals surface area contributed by atoms with Crippen molar-refractivity contribution in [2.24, 2.45) is 0 Å². The molecule has 0 saturated heterocycles. The molecule has 0 radical (unpaired) electrons. The average Bonchev–Trinajstić information content (AvgIpc) is 3.72. The van der Waals surface area contributed by atoms with Crippen molar-refractivity contribution in [1.82, 2.24) is 14.5 Å². The van der Waals surface area contributed by atoms with Gasteiger partial charge in [-0.1, -0.05) is 134 Å². The first-order valence-electron chi connectivity index (χ1n) is 18.2. The maximum absolute atomic E-state index is 5.54. The zero-order valence-corrected chi connectivity index (χ0v) is 28.5. The van der Waals surface area contributed by atoms with E-state index in [0.717, 1.165) is 39.0 Å². The highest BCUT2D eigenvalue weighted by molar-refractivity contribution is 6.20. The molecule has 12 rings (SSSR count). The minimum Gasteiger partial charge on any atom is -0.293 e. The van der Waals surface area contributed by atoms with Crippen LogP contribution in [-0.2, 0) is 0 Å². The van der Waals surface area contributed by atoms with Crippen molar-refractivity contribution in [3.8, 4) is 39.5 Å². The highest BCUT2D eigenvalue weighted by Crippen LogP contribution is 2.61. The topological polar surface area (TPSA) is 30.7 Å². The summed E-state index contributed by atoms with van der Waals surface area (Å²) in [4.78, 5) is 10.7. The Hall–Kier alpha value is -6.58. The highest BCUT2D eigenvalue weighted by atomic mass is 15.1. The third-order valence-electron chi connectivity index (χ3n) is 11.9. The fourth-order valence-electron chi connectivity index (χ4n) is 9.69. The molecule has 2 aromatic heterocycles.